The molecule has 0 amide bonds. The molecular weight excluding hydrogens is 352 g/mol. The summed E-state index contributed by atoms with van der Waals surface area (Å²) >= 11 is 0. The van der Waals surface area contributed by atoms with Gasteiger partial charge in [0.1, 0.15) is 6.10 Å². The highest BCUT2D eigenvalue weighted by atomic mass is 16.7. The van der Waals surface area contributed by atoms with Crippen molar-refractivity contribution in [1.29, 1.82) is 0 Å². The fourth-order valence-corrected chi connectivity index (χ4v) is 2.85. The van der Waals surface area contributed by atoms with Gasteiger partial charge in [0.2, 0.25) is 0 Å². The lowest BCUT2D eigenvalue weighted by Crippen LogP contribution is -2.39. The SMILES string of the molecule is CC(C)OC(=O)C(C[C@@H](OCc1ccccc1)[C@@H]1COC(C)(C)O1)C(=O)O. The number of aliphatic carboxylic acids is 1. The van der Waals surface area contributed by atoms with Gasteiger partial charge in [-0.15, -0.1) is 0 Å². The molecule has 1 N–H and O–H groups in total. The van der Waals surface area contributed by atoms with E-state index < -0.39 is 42.0 Å². The normalized spacial score (nSPS) is 21.0. The molecule has 3 atom stereocenters. The monoisotopic (exact) mass is 380 g/mol. The molecule has 0 aliphatic carbocycles. The Morgan fingerprint density at radius 1 is 1.26 bits per heavy atom. The second kappa shape index (κ2) is 9.30. The van der Waals surface area contributed by atoms with Gasteiger partial charge in [-0.2, -0.15) is 0 Å². The third-order valence-corrected chi connectivity index (χ3v) is 4.15. The third kappa shape index (κ3) is 6.61. The lowest BCUT2D eigenvalue weighted by atomic mass is 9.98. The maximum atomic E-state index is 12.2. The Balaban J connectivity index is 2.12. The summed E-state index contributed by atoms with van der Waals surface area (Å²) in [6, 6.07) is 9.52. The van der Waals surface area contributed by atoms with Gasteiger partial charge in [-0.3, -0.25) is 9.59 Å². The zero-order valence-corrected chi connectivity index (χ0v) is 16.2. The molecule has 1 fully saturated rings. The van der Waals surface area contributed by atoms with Crippen molar-refractivity contribution in [2.45, 2.75) is 64.8 Å². The minimum absolute atomic E-state index is 0.0577. The maximum Gasteiger partial charge on any atom is 0.320 e. The summed E-state index contributed by atoms with van der Waals surface area (Å²) in [6.07, 6.45) is -1.56. The maximum absolute atomic E-state index is 12.2. The first-order chi connectivity index (χ1) is 12.7. The van der Waals surface area contributed by atoms with Gasteiger partial charge in [0.25, 0.3) is 0 Å². The van der Waals surface area contributed by atoms with Crippen LogP contribution in [0.1, 0.15) is 39.7 Å². The van der Waals surface area contributed by atoms with Crippen LogP contribution in [-0.2, 0) is 35.1 Å². The largest absolute Gasteiger partial charge is 0.481 e. The number of hydrogen-bond acceptors (Lipinski definition) is 6. The summed E-state index contributed by atoms with van der Waals surface area (Å²) in [5.41, 5.74) is 0.942. The Morgan fingerprint density at radius 3 is 2.44 bits per heavy atom. The van der Waals surface area contributed by atoms with Crippen LogP contribution in [0.3, 0.4) is 0 Å². The first kappa shape index (κ1) is 21.3. The van der Waals surface area contributed by atoms with E-state index in [1.54, 1.807) is 27.7 Å². The Bertz CT molecular complexity index is 626. The Morgan fingerprint density at radius 2 is 1.93 bits per heavy atom. The number of rotatable bonds is 9. The average molecular weight is 380 g/mol. The van der Waals surface area contributed by atoms with E-state index in [4.69, 9.17) is 18.9 Å². The molecule has 1 saturated heterocycles. The Hall–Kier alpha value is -1.96. The van der Waals surface area contributed by atoms with Crippen molar-refractivity contribution in [1.82, 2.24) is 0 Å². The van der Waals surface area contributed by atoms with E-state index in [9.17, 15) is 14.7 Å². The van der Waals surface area contributed by atoms with Crippen molar-refractivity contribution >= 4 is 11.9 Å². The Kier molecular flexibility index (Phi) is 7.35. The van der Waals surface area contributed by atoms with E-state index in [2.05, 4.69) is 0 Å². The molecule has 7 nitrogen and oxygen atoms in total. The first-order valence-electron chi connectivity index (χ1n) is 9.08. The topological polar surface area (TPSA) is 91.3 Å². The highest BCUT2D eigenvalue weighted by Crippen LogP contribution is 2.29. The molecule has 1 aromatic rings. The van der Waals surface area contributed by atoms with Crippen LogP contribution >= 0.6 is 0 Å². The number of carboxylic acids is 1. The molecule has 27 heavy (non-hydrogen) atoms. The second-order valence-corrected chi connectivity index (χ2v) is 7.31. The predicted octanol–water partition coefficient (Wildman–Crippen LogP) is 2.77. The quantitative estimate of drug-likeness (QED) is 0.520. The van der Waals surface area contributed by atoms with E-state index in [1.807, 2.05) is 30.3 Å². The fourth-order valence-electron chi connectivity index (χ4n) is 2.85. The van der Waals surface area contributed by atoms with E-state index in [0.29, 0.717) is 0 Å². The average Bonchev–Trinajstić information content (AvgIpc) is 2.94. The van der Waals surface area contributed by atoms with Crippen LogP contribution in [0.5, 0.6) is 0 Å². The molecule has 0 spiro atoms. The van der Waals surface area contributed by atoms with Crippen LogP contribution in [-0.4, -0.2) is 47.8 Å². The molecule has 1 unspecified atom stereocenters. The zero-order valence-electron chi connectivity index (χ0n) is 16.2. The number of carboxylic acid groups (broad SMARTS) is 1. The van der Waals surface area contributed by atoms with E-state index in [-0.39, 0.29) is 19.6 Å². The number of carbonyl (C=O) groups excluding carboxylic acids is 1. The van der Waals surface area contributed by atoms with Crippen molar-refractivity contribution in [3.8, 4) is 0 Å². The van der Waals surface area contributed by atoms with E-state index in [0.717, 1.165) is 5.56 Å². The van der Waals surface area contributed by atoms with Crippen LogP contribution in [0.25, 0.3) is 0 Å². The van der Waals surface area contributed by atoms with Gasteiger partial charge in [0.05, 0.1) is 25.4 Å². The summed E-state index contributed by atoms with van der Waals surface area (Å²) in [6.45, 7) is 7.45. The molecule has 1 aliphatic rings. The van der Waals surface area contributed by atoms with Gasteiger partial charge in [0, 0.05) is 6.42 Å². The second-order valence-electron chi connectivity index (χ2n) is 7.31. The molecule has 0 aromatic heterocycles. The van der Waals surface area contributed by atoms with Crippen molar-refractivity contribution in [2.24, 2.45) is 5.92 Å². The molecule has 0 radical (unpaired) electrons. The summed E-state index contributed by atoms with van der Waals surface area (Å²) in [5, 5.41) is 9.51. The van der Waals surface area contributed by atoms with Crippen molar-refractivity contribution in [3.63, 3.8) is 0 Å². The lowest BCUT2D eigenvalue weighted by Gasteiger charge is -2.26. The molecule has 150 valence electrons. The van der Waals surface area contributed by atoms with Gasteiger partial charge in [0.15, 0.2) is 11.7 Å². The van der Waals surface area contributed by atoms with Gasteiger partial charge in [-0.05, 0) is 33.3 Å². The van der Waals surface area contributed by atoms with E-state index in [1.165, 1.54) is 0 Å². The van der Waals surface area contributed by atoms with Crippen LogP contribution < -0.4 is 0 Å². The highest BCUT2D eigenvalue weighted by molar-refractivity contribution is 5.94. The van der Waals surface area contributed by atoms with Crippen LogP contribution in [0, 0.1) is 5.92 Å². The molecule has 7 heteroatoms. The van der Waals surface area contributed by atoms with Crippen molar-refractivity contribution < 1.29 is 33.6 Å². The lowest BCUT2D eigenvalue weighted by molar-refractivity contribution is -0.170. The molecule has 1 heterocycles. The number of carbonyl (C=O) groups is 2. The molecule has 1 aliphatic heterocycles. The van der Waals surface area contributed by atoms with Crippen LogP contribution in [0.2, 0.25) is 0 Å². The van der Waals surface area contributed by atoms with Crippen molar-refractivity contribution in [3.05, 3.63) is 35.9 Å². The molecule has 0 saturated carbocycles. The highest BCUT2D eigenvalue weighted by Gasteiger charge is 2.41. The predicted molar refractivity (Wildman–Crippen MR) is 96.9 cm³/mol. The van der Waals surface area contributed by atoms with Gasteiger partial charge >= 0.3 is 11.9 Å². The molecule has 1 aromatic carbocycles. The van der Waals surface area contributed by atoms with E-state index >= 15 is 0 Å². The molecular formula is C20H28O7. The summed E-state index contributed by atoms with van der Waals surface area (Å²) in [5.74, 6) is -4.13. The fraction of sp³-hybridized carbons (Fsp3) is 0.600. The number of ether oxygens (including phenoxy) is 4. The third-order valence-electron chi connectivity index (χ3n) is 4.15. The van der Waals surface area contributed by atoms with Gasteiger partial charge in [-0.1, -0.05) is 30.3 Å². The zero-order chi connectivity index (χ0) is 20.0. The smallest absolute Gasteiger partial charge is 0.320 e. The molecule has 0 bridgehead atoms. The summed E-state index contributed by atoms with van der Waals surface area (Å²) in [7, 11) is 0. The Labute approximate surface area is 159 Å². The standard InChI is InChI=1S/C20H28O7/c1-13(2)26-19(23)15(18(21)22)10-16(17-12-25-20(3,4)27-17)24-11-14-8-6-5-7-9-14/h5-9,13,15-17H,10-12H2,1-4H3,(H,21,22)/t15?,16-,17+/m1/s1. The van der Waals surface area contributed by atoms with Crippen molar-refractivity contribution in [2.75, 3.05) is 6.61 Å². The van der Waals surface area contributed by atoms with Gasteiger partial charge < -0.3 is 24.1 Å². The summed E-state index contributed by atoms with van der Waals surface area (Å²) in [4.78, 5) is 23.9. The molecule has 2 rings (SSSR count). The number of benzene rings is 1. The number of hydrogen-bond donors (Lipinski definition) is 1. The first-order valence-corrected chi connectivity index (χ1v) is 9.08. The van der Waals surface area contributed by atoms with Gasteiger partial charge in [-0.25, -0.2) is 0 Å². The number of esters is 1. The van der Waals surface area contributed by atoms with Crippen LogP contribution in [0.15, 0.2) is 30.3 Å². The minimum Gasteiger partial charge on any atom is -0.481 e. The van der Waals surface area contributed by atoms with Crippen LogP contribution in [0.4, 0.5) is 0 Å². The minimum atomic E-state index is -1.33. The summed E-state index contributed by atoms with van der Waals surface area (Å²) < 4.78 is 22.5.